The molecule has 10 heteroatoms. The first kappa shape index (κ1) is 25.5. The third-order valence-electron chi connectivity index (χ3n) is 6.09. The van der Waals surface area contributed by atoms with E-state index in [9.17, 15) is 9.59 Å². The zero-order valence-corrected chi connectivity index (χ0v) is 21.7. The highest BCUT2D eigenvalue weighted by molar-refractivity contribution is 5.72. The number of carbonyl (C=O) groups is 1. The number of rotatable bonds is 8. The second-order valence-corrected chi connectivity index (χ2v) is 10.0. The van der Waals surface area contributed by atoms with Crippen molar-refractivity contribution < 1.29 is 19.0 Å². The highest BCUT2D eigenvalue weighted by Crippen LogP contribution is 2.27. The van der Waals surface area contributed by atoms with Gasteiger partial charge in [0.25, 0.3) is 0 Å². The summed E-state index contributed by atoms with van der Waals surface area (Å²) >= 11 is 0. The fourth-order valence-electron chi connectivity index (χ4n) is 4.27. The molecule has 1 aliphatic heterocycles. The maximum atomic E-state index is 13.7. The Bertz CT molecular complexity index is 1260. The molecule has 1 atom stereocenters. The molecular formula is C26H35N5O5. The lowest BCUT2D eigenvalue weighted by Crippen LogP contribution is -2.36. The van der Waals surface area contributed by atoms with E-state index in [1.54, 1.807) is 27.3 Å². The lowest BCUT2D eigenvalue weighted by atomic mass is 10.2. The van der Waals surface area contributed by atoms with Gasteiger partial charge in [0, 0.05) is 13.1 Å². The van der Waals surface area contributed by atoms with E-state index in [0.717, 1.165) is 24.2 Å². The van der Waals surface area contributed by atoms with Gasteiger partial charge in [-0.2, -0.15) is 4.98 Å². The van der Waals surface area contributed by atoms with Crippen LogP contribution in [0.15, 0.2) is 35.3 Å². The van der Waals surface area contributed by atoms with Crippen molar-refractivity contribution in [1.29, 1.82) is 0 Å². The Morgan fingerprint density at radius 3 is 2.61 bits per heavy atom. The molecule has 36 heavy (non-hydrogen) atoms. The standard InChI is InChI=1S/C26H35N5O5/c1-6-7-14-35-23-27-15-21-22(28-23)30(16-18-8-10-20(34-5)11-9-18)24(32)31(21)19-12-13-29(17-19)25(33)36-26(2,3)4/h8-11,15,19H,6-7,12-14,16-17H2,1-5H3. The highest BCUT2D eigenvalue weighted by atomic mass is 16.6. The van der Waals surface area contributed by atoms with Gasteiger partial charge in [-0.3, -0.25) is 9.13 Å². The van der Waals surface area contributed by atoms with E-state index >= 15 is 0 Å². The minimum atomic E-state index is -0.581. The van der Waals surface area contributed by atoms with Crippen molar-refractivity contribution in [3.8, 4) is 11.8 Å². The summed E-state index contributed by atoms with van der Waals surface area (Å²) in [6.45, 7) is 9.34. The molecular weight excluding hydrogens is 462 g/mol. The summed E-state index contributed by atoms with van der Waals surface area (Å²) in [4.78, 5) is 37.0. The Balaban J connectivity index is 1.68. The van der Waals surface area contributed by atoms with Crippen molar-refractivity contribution in [3.63, 3.8) is 0 Å². The number of carbonyl (C=O) groups excluding carboxylic acids is 1. The fourth-order valence-corrected chi connectivity index (χ4v) is 4.27. The van der Waals surface area contributed by atoms with Crippen LogP contribution in [0, 0.1) is 0 Å². The van der Waals surface area contributed by atoms with Crippen molar-refractivity contribution in [2.45, 2.75) is 65.1 Å². The highest BCUT2D eigenvalue weighted by Gasteiger charge is 2.33. The first-order valence-corrected chi connectivity index (χ1v) is 12.4. The monoisotopic (exact) mass is 497 g/mol. The summed E-state index contributed by atoms with van der Waals surface area (Å²) < 4.78 is 19.9. The van der Waals surface area contributed by atoms with Crippen molar-refractivity contribution in [1.82, 2.24) is 24.0 Å². The van der Waals surface area contributed by atoms with Gasteiger partial charge in [-0.05, 0) is 51.3 Å². The molecule has 0 spiro atoms. The van der Waals surface area contributed by atoms with Gasteiger partial charge in [-0.15, -0.1) is 0 Å². The number of imidazole rings is 1. The average molecular weight is 498 g/mol. The number of ether oxygens (including phenoxy) is 3. The molecule has 1 saturated heterocycles. The normalized spacial score (nSPS) is 15.9. The molecule has 1 amide bonds. The molecule has 3 heterocycles. The number of benzene rings is 1. The predicted octanol–water partition coefficient (Wildman–Crippen LogP) is 4.01. The van der Waals surface area contributed by atoms with Crippen LogP contribution in [-0.4, -0.2) is 62.5 Å². The van der Waals surface area contributed by atoms with E-state index in [2.05, 4.69) is 16.9 Å². The van der Waals surface area contributed by atoms with Gasteiger partial charge in [-0.1, -0.05) is 25.5 Å². The molecule has 3 aromatic rings. The summed E-state index contributed by atoms with van der Waals surface area (Å²) in [7, 11) is 1.62. The zero-order valence-electron chi connectivity index (χ0n) is 21.7. The number of aromatic nitrogens is 4. The van der Waals surface area contributed by atoms with Crippen molar-refractivity contribution in [2.24, 2.45) is 0 Å². The number of hydrogen-bond donors (Lipinski definition) is 0. The Morgan fingerprint density at radius 1 is 1.19 bits per heavy atom. The number of methoxy groups -OCH3 is 1. The minimum absolute atomic E-state index is 0.197. The van der Waals surface area contributed by atoms with Crippen LogP contribution in [0.25, 0.3) is 11.2 Å². The number of amides is 1. The Morgan fingerprint density at radius 2 is 1.94 bits per heavy atom. The van der Waals surface area contributed by atoms with Crippen LogP contribution in [0.1, 0.15) is 58.6 Å². The van der Waals surface area contributed by atoms with E-state index < -0.39 is 5.60 Å². The maximum absolute atomic E-state index is 13.7. The van der Waals surface area contributed by atoms with E-state index in [1.807, 2.05) is 45.0 Å². The first-order chi connectivity index (χ1) is 17.2. The third-order valence-corrected chi connectivity index (χ3v) is 6.09. The van der Waals surface area contributed by atoms with Gasteiger partial charge in [0.1, 0.15) is 16.9 Å². The second kappa shape index (κ2) is 10.6. The number of nitrogens with zero attached hydrogens (tertiary/aromatic N) is 5. The van der Waals surface area contributed by atoms with Crippen LogP contribution in [0.3, 0.4) is 0 Å². The lowest BCUT2D eigenvalue weighted by molar-refractivity contribution is 0.0289. The topological polar surface area (TPSA) is 101 Å². The van der Waals surface area contributed by atoms with E-state index in [-0.39, 0.29) is 23.8 Å². The smallest absolute Gasteiger partial charge is 0.410 e. The number of hydrogen-bond acceptors (Lipinski definition) is 7. The summed E-state index contributed by atoms with van der Waals surface area (Å²) in [5.41, 5.74) is 1.28. The van der Waals surface area contributed by atoms with Crippen LogP contribution in [-0.2, 0) is 11.3 Å². The predicted molar refractivity (Wildman–Crippen MR) is 136 cm³/mol. The van der Waals surface area contributed by atoms with Crippen LogP contribution >= 0.6 is 0 Å². The first-order valence-electron chi connectivity index (χ1n) is 12.4. The molecule has 0 saturated carbocycles. The van der Waals surface area contributed by atoms with Crippen LogP contribution in [0.2, 0.25) is 0 Å². The van der Waals surface area contributed by atoms with Crippen molar-refractivity contribution in [3.05, 3.63) is 46.5 Å². The maximum Gasteiger partial charge on any atom is 0.410 e. The van der Waals surface area contributed by atoms with Crippen LogP contribution in [0.4, 0.5) is 4.79 Å². The van der Waals surface area contributed by atoms with E-state index in [0.29, 0.717) is 43.8 Å². The van der Waals surface area contributed by atoms with Gasteiger partial charge in [0.2, 0.25) is 0 Å². The fraction of sp³-hybridized carbons (Fsp3) is 0.538. The molecule has 1 aromatic carbocycles. The SMILES string of the molecule is CCCCOc1ncc2c(n1)n(Cc1ccc(OC)cc1)c(=O)n2C1CCN(C(=O)OC(C)(C)C)C1. The molecule has 2 aromatic heterocycles. The molecule has 4 rings (SSSR count). The molecule has 1 aliphatic rings. The van der Waals surface area contributed by atoms with Gasteiger partial charge in [0.05, 0.1) is 32.5 Å². The van der Waals surface area contributed by atoms with E-state index in [1.165, 1.54) is 0 Å². The molecule has 0 aliphatic carbocycles. The molecule has 194 valence electrons. The second-order valence-electron chi connectivity index (χ2n) is 10.0. The van der Waals surface area contributed by atoms with Gasteiger partial charge >= 0.3 is 17.8 Å². The number of likely N-dealkylation sites (tertiary alicyclic amines) is 1. The Labute approximate surface area is 210 Å². The Hall–Kier alpha value is -3.56. The van der Waals surface area contributed by atoms with Gasteiger partial charge in [-0.25, -0.2) is 14.6 Å². The molecule has 0 N–H and O–H groups in total. The molecule has 10 nitrogen and oxygen atoms in total. The average Bonchev–Trinajstić information content (AvgIpc) is 3.42. The quantitative estimate of drug-likeness (QED) is 0.434. The summed E-state index contributed by atoms with van der Waals surface area (Å²) in [6, 6.07) is 7.62. The van der Waals surface area contributed by atoms with Crippen molar-refractivity contribution in [2.75, 3.05) is 26.8 Å². The van der Waals surface area contributed by atoms with Crippen LogP contribution < -0.4 is 15.2 Å². The summed E-state index contributed by atoms with van der Waals surface area (Å²) in [6.07, 6.45) is 3.80. The molecule has 0 bridgehead atoms. The summed E-state index contributed by atoms with van der Waals surface area (Å²) in [5, 5.41) is 0. The molecule has 0 radical (unpaired) electrons. The largest absolute Gasteiger partial charge is 0.497 e. The summed E-state index contributed by atoms with van der Waals surface area (Å²) in [5.74, 6) is 0.746. The van der Waals surface area contributed by atoms with Crippen LogP contribution in [0.5, 0.6) is 11.8 Å². The number of fused-ring (bicyclic) bond motifs is 1. The van der Waals surface area contributed by atoms with Gasteiger partial charge < -0.3 is 19.1 Å². The van der Waals surface area contributed by atoms with E-state index in [4.69, 9.17) is 14.2 Å². The van der Waals surface area contributed by atoms with Crippen molar-refractivity contribution >= 4 is 17.3 Å². The zero-order chi connectivity index (χ0) is 25.9. The number of unbranched alkanes of at least 4 members (excludes halogenated alkanes) is 1. The molecule has 1 unspecified atom stereocenters. The minimum Gasteiger partial charge on any atom is -0.497 e. The lowest BCUT2D eigenvalue weighted by Gasteiger charge is -2.24. The molecule has 1 fully saturated rings. The van der Waals surface area contributed by atoms with Gasteiger partial charge in [0.15, 0.2) is 5.65 Å². The third kappa shape index (κ3) is 5.63. The Kier molecular flexibility index (Phi) is 7.51.